The van der Waals surface area contributed by atoms with Gasteiger partial charge in [-0.1, -0.05) is 33.6 Å². The number of halogens is 2. The largest absolute Gasteiger partial charge is 0.431 e. The fourth-order valence-corrected chi connectivity index (χ4v) is 2.57. The van der Waals surface area contributed by atoms with Crippen molar-refractivity contribution in [2.45, 2.75) is 0 Å². The predicted molar refractivity (Wildman–Crippen MR) is 81.1 cm³/mol. The number of aromatic nitrogens is 2. The van der Waals surface area contributed by atoms with Crippen molar-refractivity contribution >= 4 is 39.0 Å². The van der Waals surface area contributed by atoms with Gasteiger partial charge in [0.25, 0.3) is 0 Å². The molecular weight excluding hydrogens is 362 g/mol. The van der Waals surface area contributed by atoms with Crippen molar-refractivity contribution < 1.29 is 9.66 Å². The summed E-state index contributed by atoms with van der Waals surface area (Å²) in [5.41, 5.74) is 0.424. The Morgan fingerprint density at radius 3 is 2.86 bits per heavy atom. The van der Waals surface area contributed by atoms with Crippen LogP contribution in [0.3, 0.4) is 0 Å². The maximum absolute atomic E-state index is 11.3. The lowest BCUT2D eigenvalue weighted by Crippen LogP contribution is -1.96. The molecule has 3 aromatic rings. The second-order valence-electron chi connectivity index (χ2n) is 4.10. The molecule has 0 aliphatic carbocycles. The van der Waals surface area contributed by atoms with Gasteiger partial charge in [0.2, 0.25) is 5.65 Å². The minimum Gasteiger partial charge on any atom is -0.431 e. The van der Waals surface area contributed by atoms with E-state index in [0.29, 0.717) is 16.4 Å². The molecule has 8 heteroatoms. The van der Waals surface area contributed by atoms with Gasteiger partial charge < -0.3 is 14.9 Å². The van der Waals surface area contributed by atoms with Crippen molar-refractivity contribution in [3.63, 3.8) is 0 Å². The molecule has 6 nitrogen and oxygen atoms in total. The van der Waals surface area contributed by atoms with Crippen LogP contribution in [0, 0.1) is 10.1 Å². The molecule has 0 bridgehead atoms. The summed E-state index contributed by atoms with van der Waals surface area (Å²) in [4.78, 5) is 14.8. The van der Waals surface area contributed by atoms with Crippen LogP contribution in [0.15, 0.2) is 47.1 Å². The molecule has 0 saturated heterocycles. The highest BCUT2D eigenvalue weighted by Gasteiger charge is 2.25. The van der Waals surface area contributed by atoms with Crippen LogP contribution in [0.5, 0.6) is 11.6 Å². The second-order valence-corrected chi connectivity index (χ2v) is 5.43. The van der Waals surface area contributed by atoms with Gasteiger partial charge in [0.15, 0.2) is 0 Å². The molecule has 21 heavy (non-hydrogen) atoms. The van der Waals surface area contributed by atoms with E-state index in [-0.39, 0.29) is 11.7 Å². The molecule has 0 unspecified atom stereocenters. The lowest BCUT2D eigenvalue weighted by atomic mass is 10.3. The maximum atomic E-state index is 11.3. The summed E-state index contributed by atoms with van der Waals surface area (Å²) in [5, 5.41) is 11.6. The van der Waals surface area contributed by atoms with Gasteiger partial charge in [-0.3, -0.25) is 0 Å². The van der Waals surface area contributed by atoms with Gasteiger partial charge in [0.1, 0.15) is 5.75 Å². The van der Waals surface area contributed by atoms with Crippen LogP contribution >= 0.6 is 27.5 Å². The Kier molecular flexibility index (Phi) is 3.52. The number of hydrogen-bond donors (Lipinski definition) is 0. The summed E-state index contributed by atoms with van der Waals surface area (Å²) in [5.74, 6) is -0.0496. The third-order valence-corrected chi connectivity index (χ3v) is 3.54. The van der Waals surface area contributed by atoms with Crippen LogP contribution in [-0.4, -0.2) is 14.3 Å². The lowest BCUT2D eigenvalue weighted by molar-refractivity contribution is -0.391. The van der Waals surface area contributed by atoms with Gasteiger partial charge in [-0.15, -0.1) is 0 Å². The van der Waals surface area contributed by atoms with Crippen LogP contribution < -0.4 is 4.74 Å². The van der Waals surface area contributed by atoms with E-state index < -0.39 is 4.92 Å². The maximum Gasteiger partial charge on any atom is 0.392 e. The van der Waals surface area contributed by atoms with Gasteiger partial charge in [-0.2, -0.15) is 9.38 Å². The monoisotopic (exact) mass is 367 g/mol. The Morgan fingerprint density at radius 1 is 1.33 bits per heavy atom. The third-order valence-electron chi connectivity index (χ3n) is 2.75. The smallest absolute Gasteiger partial charge is 0.392 e. The number of nitro groups is 1. The van der Waals surface area contributed by atoms with Gasteiger partial charge in [-0.25, -0.2) is 0 Å². The number of benzene rings is 1. The molecule has 0 radical (unpaired) electrons. The van der Waals surface area contributed by atoms with E-state index in [1.165, 1.54) is 4.40 Å². The van der Waals surface area contributed by atoms with Crippen LogP contribution in [0.4, 0.5) is 5.82 Å². The standard InChI is InChI=1S/C13H7BrClN3O3/c14-8-4-5-10(9(15)7-8)21-12-13(18(19)20)17-6-2-1-3-11(17)16-12/h1-7H. The highest BCUT2D eigenvalue weighted by Crippen LogP contribution is 2.35. The zero-order valence-corrected chi connectivity index (χ0v) is 12.7. The number of ether oxygens (including phenoxy) is 1. The average molecular weight is 369 g/mol. The molecule has 106 valence electrons. The zero-order chi connectivity index (χ0) is 15.0. The Hall–Kier alpha value is -2.12. The molecule has 0 N–H and O–H groups in total. The Morgan fingerprint density at radius 2 is 2.14 bits per heavy atom. The fraction of sp³-hybridized carbons (Fsp3) is 0. The van der Waals surface area contributed by atoms with Crippen molar-refractivity contribution in [2.24, 2.45) is 0 Å². The third kappa shape index (κ3) is 2.57. The molecule has 0 fully saturated rings. The molecule has 0 saturated carbocycles. The highest BCUT2D eigenvalue weighted by molar-refractivity contribution is 9.10. The Bertz CT molecular complexity index is 850. The number of imidazole rings is 1. The van der Waals surface area contributed by atoms with Crippen LogP contribution in [0.25, 0.3) is 5.65 Å². The molecule has 2 aromatic heterocycles. The lowest BCUT2D eigenvalue weighted by Gasteiger charge is -2.04. The van der Waals surface area contributed by atoms with E-state index in [1.54, 1.807) is 42.6 Å². The van der Waals surface area contributed by atoms with Crippen LogP contribution in [-0.2, 0) is 0 Å². The molecular formula is C13H7BrClN3O3. The minimum absolute atomic E-state index is 0.101. The van der Waals surface area contributed by atoms with E-state index in [9.17, 15) is 10.1 Å². The SMILES string of the molecule is O=[N+]([O-])c1c(Oc2ccc(Br)cc2Cl)nc2ccccn12. The summed E-state index contributed by atoms with van der Waals surface area (Å²) in [7, 11) is 0. The minimum atomic E-state index is -0.540. The van der Waals surface area contributed by atoms with E-state index in [1.807, 2.05) is 0 Å². The normalized spacial score (nSPS) is 10.8. The van der Waals surface area contributed by atoms with Crippen molar-refractivity contribution in [3.05, 3.63) is 62.2 Å². The molecule has 1 aromatic carbocycles. The van der Waals surface area contributed by atoms with Crippen molar-refractivity contribution in [1.82, 2.24) is 9.38 Å². The molecule has 0 amide bonds. The first-order chi connectivity index (χ1) is 10.1. The highest BCUT2D eigenvalue weighted by atomic mass is 79.9. The van der Waals surface area contributed by atoms with E-state index in [0.717, 1.165) is 4.47 Å². The zero-order valence-electron chi connectivity index (χ0n) is 10.4. The Labute approximate surface area is 132 Å². The van der Waals surface area contributed by atoms with Gasteiger partial charge in [0.05, 0.1) is 11.2 Å². The number of hydrogen-bond acceptors (Lipinski definition) is 4. The van der Waals surface area contributed by atoms with Gasteiger partial charge in [-0.05, 0) is 29.2 Å². The Balaban J connectivity index is 2.12. The first kappa shape index (κ1) is 13.8. The molecule has 0 aliphatic rings. The van der Waals surface area contributed by atoms with Crippen molar-refractivity contribution in [3.8, 4) is 11.6 Å². The number of fused-ring (bicyclic) bond motifs is 1. The summed E-state index contributed by atoms with van der Waals surface area (Å²) in [6, 6.07) is 10.0. The van der Waals surface area contributed by atoms with Crippen LogP contribution in [0.1, 0.15) is 0 Å². The van der Waals surface area contributed by atoms with Gasteiger partial charge in [0, 0.05) is 10.5 Å². The van der Waals surface area contributed by atoms with E-state index >= 15 is 0 Å². The summed E-state index contributed by atoms with van der Waals surface area (Å²) >= 11 is 9.33. The molecule has 0 atom stereocenters. The molecule has 3 rings (SSSR count). The average Bonchev–Trinajstić information content (AvgIpc) is 2.80. The summed E-state index contributed by atoms with van der Waals surface area (Å²) in [6.45, 7) is 0. The quantitative estimate of drug-likeness (QED) is 0.506. The summed E-state index contributed by atoms with van der Waals surface area (Å²) < 4.78 is 7.65. The van der Waals surface area contributed by atoms with E-state index in [2.05, 4.69) is 20.9 Å². The fourth-order valence-electron chi connectivity index (χ4n) is 1.86. The second kappa shape index (κ2) is 5.34. The molecule has 2 heterocycles. The van der Waals surface area contributed by atoms with E-state index in [4.69, 9.17) is 16.3 Å². The first-order valence-electron chi connectivity index (χ1n) is 5.80. The number of pyridine rings is 1. The van der Waals surface area contributed by atoms with Crippen molar-refractivity contribution in [2.75, 3.05) is 0 Å². The van der Waals surface area contributed by atoms with Gasteiger partial charge >= 0.3 is 11.7 Å². The van der Waals surface area contributed by atoms with Crippen molar-refractivity contribution in [1.29, 1.82) is 0 Å². The number of rotatable bonds is 3. The summed E-state index contributed by atoms with van der Waals surface area (Å²) in [6.07, 6.45) is 1.55. The molecule has 0 spiro atoms. The first-order valence-corrected chi connectivity index (χ1v) is 6.98. The molecule has 0 aliphatic heterocycles. The van der Waals surface area contributed by atoms with Crippen LogP contribution in [0.2, 0.25) is 5.02 Å². The predicted octanol–water partition coefficient (Wildman–Crippen LogP) is 4.45. The number of nitrogens with zero attached hydrogens (tertiary/aromatic N) is 3. The topological polar surface area (TPSA) is 69.7 Å².